The zero-order chi connectivity index (χ0) is 28.2. The van der Waals surface area contributed by atoms with E-state index in [1.165, 1.54) is 0 Å². The lowest BCUT2D eigenvalue weighted by Crippen LogP contribution is -2.57. The first-order valence-electron chi connectivity index (χ1n) is 14.1. The number of thioether (sulfide) groups is 1. The van der Waals surface area contributed by atoms with Gasteiger partial charge in [-0.15, -0.1) is 24.9 Å². The highest BCUT2D eigenvalue weighted by molar-refractivity contribution is 8.02. The summed E-state index contributed by atoms with van der Waals surface area (Å²) in [5, 5.41) is 10.3. The minimum absolute atomic E-state index is 0.156. The summed E-state index contributed by atoms with van der Waals surface area (Å²) in [6.45, 7) is 12.3. The number of benzene rings is 1. The minimum Gasteiger partial charge on any atom is -0.465 e. The highest BCUT2D eigenvalue weighted by Crippen LogP contribution is 2.71. The van der Waals surface area contributed by atoms with Gasteiger partial charge in [-0.1, -0.05) is 49.4 Å². The average molecular weight is 555 g/mol. The molecule has 2 amide bonds. The number of rotatable bonds is 14. The first-order chi connectivity index (χ1) is 18.8. The van der Waals surface area contributed by atoms with Crippen LogP contribution in [0.3, 0.4) is 0 Å². The number of amides is 2. The lowest BCUT2D eigenvalue weighted by molar-refractivity contribution is -0.156. The molecule has 3 aliphatic rings. The molecule has 1 N–H and O–H groups in total. The van der Waals surface area contributed by atoms with E-state index < -0.39 is 33.4 Å². The number of esters is 1. The Bertz CT molecular complexity index is 1080. The van der Waals surface area contributed by atoms with Crippen molar-refractivity contribution < 1.29 is 24.2 Å². The minimum atomic E-state index is -0.770. The van der Waals surface area contributed by atoms with Crippen LogP contribution in [0.5, 0.6) is 0 Å². The number of fused-ring (bicyclic) bond motifs is 1. The van der Waals surface area contributed by atoms with Crippen LogP contribution in [0.4, 0.5) is 0 Å². The monoisotopic (exact) mass is 554 g/mol. The molecule has 0 aliphatic carbocycles. The lowest BCUT2D eigenvalue weighted by atomic mass is 9.66. The van der Waals surface area contributed by atoms with E-state index in [9.17, 15) is 19.5 Å². The van der Waals surface area contributed by atoms with Crippen LogP contribution in [0.15, 0.2) is 55.6 Å². The number of aliphatic hydroxyl groups is 1. The Kier molecular flexibility index (Phi) is 9.27. The number of carbonyl (C=O) groups is 3. The fraction of sp³-hybridized carbons (Fsp3) is 0.581. The number of unbranched alkanes of at least 4 members (excludes halogenated alkanes) is 2. The third-order valence-electron chi connectivity index (χ3n) is 8.70. The first-order valence-corrected chi connectivity index (χ1v) is 14.9. The molecule has 1 spiro atoms. The van der Waals surface area contributed by atoms with Crippen LogP contribution in [0.2, 0.25) is 0 Å². The molecule has 3 fully saturated rings. The van der Waals surface area contributed by atoms with Crippen LogP contribution in [-0.2, 0) is 25.7 Å². The molecule has 0 radical (unpaired) electrons. The van der Waals surface area contributed by atoms with Crippen molar-refractivity contribution in [3.63, 3.8) is 0 Å². The van der Waals surface area contributed by atoms with E-state index in [4.69, 9.17) is 4.74 Å². The first kappa shape index (κ1) is 29.4. The number of nitrogens with zero attached hydrogens (tertiary/aromatic N) is 2. The number of aliphatic hydroxyl groups excluding tert-OH is 1. The van der Waals surface area contributed by atoms with E-state index in [1.54, 1.807) is 27.6 Å². The molecular weight excluding hydrogens is 512 g/mol. The highest BCUT2D eigenvalue weighted by atomic mass is 32.2. The van der Waals surface area contributed by atoms with Gasteiger partial charge in [-0.05, 0) is 51.0 Å². The predicted octanol–water partition coefficient (Wildman–Crippen LogP) is 4.35. The molecule has 3 aliphatic heterocycles. The van der Waals surface area contributed by atoms with Gasteiger partial charge in [0.2, 0.25) is 11.8 Å². The maximum atomic E-state index is 14.5. The molecule has 2 unspecified atom stereocenters. The largest absolute Gasteiger partial charge is 0.465 e. The van der Waals surface area contributed by atoms with E-state index in [1.807, 2.05) is 50.3 Å². The molecule has 3 saturated heterocycles. The second-order valence-electron chi connectivity index (χ2n) is 11.2. The van der Waals surface area contributed by atoms with Crippen molar-refractivity contribution in [2.45, 2.75) is 80.5 Å². The Labute approximate surface area is 236 Å². The van der Waals surface area contributed by atoms with E-state index in [-0.39, 0.29) is 24.4 Å². The van der Waals surface area contributed by atoms with Crippen LogP contribution in [-0.4, -0.2) is 74.0 Å². The van der Waals surface area contributed by atoms with Gasteiger partial charge in [0.05, 0.1) is 35.8 Å². The van der Waals surface area contributed by atoms with Gasteiger partial charge in [-0.25, -0.2) is 0 Å². The number of allylic oxidation sites excluding steroid dienone is 1. The number of carbonyl (C=O) groups excluding carboxylic acids is 3. The average Bonchev–Trinajstić information content (AvgIpc) is 3.50. The standard InChI is InChI=1S/C31H42N2O5S/c1-5-8-9-13-19-38-29(37)25-24-27(35)33(23(7-3)21-34)26(31(24)17-16-30(25,4)39-31)28(36)32(18-6-2)20-22-14-11-10-12-15-22/h5-6,10-12,14-15,23-26,34H,1-2,7-9,13,16-21H2,3-4H3/t23-,24-,25+,26?,30-,31?/m0/s1. The summed E-state index contributed by atoms with van der Waals surface area (Å²) < 4.78 is 4.52. The maximum Gasteiger partial charge on any atom is 0.311 e. The Hall–Kier alpha value is -2.58. The molecule has 2 bridgehead atoms. The number of ether oxygens (including phenoxy) is 1. The summed E-state index contributed by atoms with van der Waals surface area (Å²) in [6.07, 6.45) is 7.94. The lowest BCUT2D eigenvalue weighted by Gasteiger charge is -2.39. The normalized spacial score (nSPS) is 29.7. The van der Waals surface area contributed by atoms with Crippen LogP contribution >= 0.6 is 11.8 Å². The van der Waals surface area contributed by atoms with Crippen LogP contribution < -0.4 is 0 Å². The fourth-order valence-electron chi connectivity index (χ4n) is 6.83. The molecule has 39 heavy (non-hydrogen) atoms. The van der Waals surface area contributed by atoms with E-state index in [2.05, 4.69) is 13.2 Å². The summed E-state index contributed by atoms with van der Waals surface area (Å²) in [5.41, 5.74) is 0.986. The van der Waals surface area contributed by atoms with Crippen molar-refractivity contribution in [2.24, 2.45) is 11.8 Å². The summed E-state index contributed by atoms with van der Waals surface area (Å²) in [5.74, 6) is -1.99. The van der Waals surface area contributed by atoms with Crippen LogP contribution in [0.25, 0.3) is 0 Å². The Morgan fingerprint density at radius 1 is 1.23 bits per heavy atom. The Morgan fingerprint density at radius 2 is 1.97 bits per heavy atom. The van der Waals surface area contributed by atoms with Crippen LogP contribution in [0.1, 0.15) is 57.9 Å². The summed E-state index contributed by atoms with van der Waals surface area (Å²) in [7, 11) is 0. The highest BCUT2D eigenvalue weighted by Gasteiger charge is 2.78. The second-order valence-corrected chi connectivity index (χ2v) is 13.1. The Balaban J connectivity index is 1.69. The summed E-state index contributed by atoms with van der Waals surface area (Å²) in [4.78, 5) is 45.6. The van der Waals surface area contributed by atoms with Crippen molar-refractivity contribution in [1.82, 2.24) is 9.80 Å². The van der Waals surface area contributed by atoms with Gasteiger partial charge < -0.3 is 19.6 Å². The molecule has 212 valence electrons. The SMILES string of the molecule is C=CCCCCOC(=O)[C@H]1[C@H]2C(=O)N([C@@H](CC)CO)C(C(=O)N(CC=C)Cc3ccccc3)C23CC[C@]1(C)S3. The fourth-order valence-corrected chi connectivity index (χ4v) is 9.15. The molecule has 4 rings (SSSR count). The van der Waals surface area contributed by atoms with Gasteiger partial charge in [0.25, 0.3) is 0 Å². The molecule has 0 saturated carbocycles. The van der Waals surface area contributed by atoms with E-state index in [0.29, 0.717) is 32.5 Å². The van der Waals surface area contributed by atoms with Crippen LogP contribution in [0, 0.1) is 11.8 Å². The third kappa shape index (κ3) is 5.30. The smallest absolute Gasteiger partial charge is 0.311 e. The molecule has 8 heteroatoms. The molecule has 3 heterocycles. The van der Waals surface area contributed by atoms with Gasteiger partial charge in [0, 0.05) is 17.8 Å². The molecule has 0 aromatic heterocycles. The second kappa shape index (κ2) is 12.3. The number of likely N-dealkylation sites (tertiary alicyclic amines) is 1. The van der Waals surface area contributed by atoms with E-state index >= 15 is 0 Å². The quantitative estimate of drug-likeness (QED) is 0.209. The van der Waals surface area contributed by atoms with E-state index in [0.717, 1.165) is 31.2 Å². The molecule has 1 aromatic carbocycles. The zero-order valence-corrected chi connectivity index (χ0v) is 24.0. The van der Waals surface area contributed by atoms with Crippen molar-refractivity contribution in [2.75, 3.05) is 19.8 Å². The van der Waals surface area contributed by atoms with Gasteiger partial charge in [0.15, 0.2) is 0 Å². The van der Waals surface area contributed by atoms with Crippen molar-refractivity contribution >= 4 is 29.5 Å². The molecule has 7 nitrogen and oxygen atoms in total. The molecule has 6 atom stereocenters. The van der Waals surface area contributed by atoms with Crippen molar-refractivity contribution in [1.29, 1.82) is 0 Å². The predicted molar refractivity (Wildman–Crippen MR) is 154 cm³/mol. The van der Waals surface area contributed by atoms with Crippen molar-refractivity contribution in [3.05, 3.63) is 61.2 Å². The topological polar surface area (TPSA) is 87.1 Å². The third-order valence-corrected chi connectivity index (χ3v) is 10.7. The summed E-state index contributed by atoms with van der Waals surface area (Å²) >= 11 is 1.63. The zero-order valence-electron chi connectivity index (χ0n) is 23.2. The van der Waals surface area contributed by atoms with Gasteiger partial charge in [-0.3, -0.25) is 14.4 Å². The summed E-state index contributed by atoms with van der Waals surface area (Å²) in [6, 6.07) is 8.49. The van der Waals surface area contributed by atoms with Gasteiger partial charge in [-0.2, -0.15) is 0 Å². The van der Waals surface area contributed by atoms with Gasteiger partial charge in [0.1, 0.15) is 6.04 Å². The molecule has 1 aromatic rings. The Morgan fingerprint density at radius 3 is 2.62 bits per heavy atom. The number of hydrogen-bond donors (Lipinski definition) is 1. The van der Waals surface area contributed by atoms with Crippen molar-refractivity contribution in [3.8, 4) is 0 Å². The number of hydrogen-bond acceptors (Lipinski definition) is 6. The van der Waals surface area contributed by atoms with Gasteiger partial charge >= 0.3 is 5.97 Å². The maximum absolute atomic E-state index is 14.5. The molecular formula is C31H42N2O5S.